The molecule has 9 heteroatoms. The fraction of sp³-hybridized carbons (Fsp3) is 0.833. The number of ether oxygens (including phenoxy) is 2. The van der Waals surface area contributed by atoms with Crippen LogP contribution in [0.5, 0.6) is 0 Å². The minimum atomic E-state index is -2.14. The highest BCUT2D eigenvalue weighted by Crippen LogP contribution is 2.24. The van der Waals surface area contributed by atoms with Crippen LogP contribution in [0.15, 0.2) is 0 Å². The molecule has 0 heterocycles. The van der Waals surface area contributed by atoms with E-state index in [0.717, 1.165) is 32.1 Å². The van der Waals surface area contributed by atoms with Gasteiger partial charge in [-0.25, -0.2) is 9.00 Å². The summed E-state index contributed by atoms with van der Waals surface area (Å²) in [7, 11) is 0. The summed E-state index contributed by atoms with van der Waals surface area (Å²) < 4.78 is 28.4. The number of hydrogen-bond acceptors (Lipinski definition) is 6. The van der Waals surface area contributed by atoms with E-state index >= 15 is 0 Å². The molecular weight excluding hydrogens is 302 g/mol. The topological polar surface area (TPSA) is 122 Å². The molecule has 0 bridgehead atoms. The predicted molar refractivity (Wildman–Crippen MR) is 73.7 cm³/mol. The number of esters is 1. The monoisotopic (exact) mass is 323 g/mol. The molecule has 1 aliphatic carbocycles. The van der Waals surface area contributed by atoms with Gasteiger partial charge < -0.3 is 24.4 Å². The van der Waals surface area contributed by atoms with Gasteiger partial charge in [-0.1, -0.05) is 19.3 Å². The molecule has 2 atom stereocenters. The van der Waals surface area contributed by atoms with Crippen molar-refractivity contribution in [2.24, 2.45) is 5.92 Å². The molecule has 1 saturated carbocycles. The third-order valence-corrected chi connectivity index (χ3v) is 3.82. The van der Waals surface area contributed by atoms with Gasteiger partial charge in [0.15, 0.2) is 11.1 Å². The number of aliphatic hydroxyl groups is 1. The largest absolute Gasteiger partial charge is 0.428 e. The van der Waals surface area contributed by atoms with Crippen molar-refractivity contribution in [3.63, 3.8) is 0 Å². The van der Waals surface area contributed by atoms with Gasteiger partial charge in [0.25, 0.3) is 0 Å². The number of amides is 1. The zero-order valence-electron chi connectivity index (χ0n) is 11.7. The van der Waals surface area contributed by atoms with Gasteiger partial charge in [-0.15, -0.1) is 0 Å². The van der Waals surface area contributed by atoms with Crippen LogP contribution in [0.1, 0.15) is 32.1 Å². The van der Waals surface area contributed by atoms with E-state index in [-0.39, 0.29) is 24.2 Å². The Balaban J connectivity index is 2.09. The normalized spacial score (nSPS) is 18.6. The summed E-state index contributed by atoms with van der Waals surface area (Å²) in [5, 5.41) is 11.4. The van der Waals surface area contributed by atoms with E-state index in [1.54, 1.807) is 0 Å². The van der Waals surface area contributed by atoms with Gasteiger partial charge in [0, 0.05) is 6.54 Å². The second-order valence-corrected chi connectivity index (χ2v) is 5.85. The van der Waals surface area contributed by atoms with Gasteiger partial charge in [-0.3, -0.25) is 4.79 Å². The number of rotatable bonds is 7. The number of carbonyl (C=O) groups is 2. The van der Waals surface area contributed by atoms with Crippen LogP contribution in [-0.2, 0) is 25.3 Å². The first-order valence-electron chi connectivity index (χ1n) is 6.82. The first-order valence-corrected chi connectivity index (χ1v) is 8.09. The van der Waals surface area contributed by atoms with Gasteiger partial charge in [0.1, 0.15) is 0 Å². The SMILES string of the molecule is O=C(NC[C@@H](O)CS(=O)O)OCOC(=O)C1CCCCC1. The zero-order chi connectivity index (χ0) is 15.7. The molecule has 0 aromatic heterocycles. The lowest BCUT2D eigenvalue weighted by Gasteiger charge is -2.19. The molecule has 1 unspecified atom stereocenters. The highest BCUT2D eigenvalue weighted by Gasteiger charge is 2.22. The number of alkyl carbamates (subject to hydrolysis) is 1. The summed E-state index contributed by atoms with van der Waals surface area (Å²) in [6.45, 7) is -0.703. The Kier molecular flexibility index (Phi) is 8.24. The first kappa shape index (κ1) is 17.9. The molecule has 1 fully saturated rings. The minimum absolute atomic E-state index is 0.119. The van der Waals surface area contributed by atoms with E-state index < -0.39 is 30.1 Å². The Bertz CT molecular complexity index is 371. The van der Waals surface area contributed by atoms with Crippen LogP contribution < -0.4 is 5.32 Å². The summed E-state index contributed by atoms with van der Waals surface area (Å²) in [6, 6.07) is 0. The smallest absolute Gasteiger partial charge is 0.410 e. The van der Waals surface area contributed by atoms with Crippen molar-refractivity contribution in [1.82, 2.24) is 5.32 Å². The lowest BCUT2D eigenvalue weighted by atomic mass is 9.89. The summed E-state index contributed by atoms with van der Waals surface area (Å²) >= 11 is -2.14. The predicted octanol–water partition coefficient (Wildman–Crippen LogP) is 0.376. The van der Waals surface area contributed by atoms with Crippen molar-refractivity contribution in [2.45, 2.75) is 38.2 Å². The molecular formula is C12H21NO7S. The van der Waals surface area contributed by atoms with Crippen molar-refractivity contribution >= 4 is 23.1 Å². The lowest BCUT2D eigenvalue weighted by molar-refractivity contribution is -0.158. The number of hydrogen-bond donors (Lipinski definition) is 3. The molecule has 0 spiro atoms. The van der Waals surface area contributed by atoms with Crippen LogP contribution in [-0.4, -0.2) is 51.1 Å². The van der Waals surface area contributed by atoms with Crippen molar-refractivity contribution in [3.8, 4) is 0 Å². The van der Waals surface area contributed by atoms with Gasteiger partial charge in [-0.05, 0) is 12.8 Å². The highest BCUT2D eigenvalue weighted by atomic mass is 32.2. The average Bonchev–Trinajstić information content (AvgIpc) is 2.45. The Hall–Kier alpha value is -1.19. The van der Waals surface area contributed by atoms with Crippen molar-refractivity contribution in [3.05, 3.63) is 0 Å². The van der Waals surface area contributed by atoms with Gasteiger partial charge in [-0.2, -0.15) is 0 Å². The third-order valence-electron chi connectivity index (χ3n) is 3.15. The number of carbonyl (C=O) groups excluding carboxylic acids is 2. The van der Waals surface area contributed by atoms with Crippen LogP contribution in [0, 0.1) is 5.92 Å². The van der Waals surface area contributed by atoms with E-state index in [9.17, 15) is 18.9 Å². The fourth-order valence-electron chi connectivity index (χ4n) is 2.07. The zero-order valence-corrected chi connectivity index (χ0v) is 12.5. The standard InChI is InChI=1S/C12H21NO7S/c14-10(7-21(17)18)6-13-12(16)20-8-19-11(15)9-4-2-1-3-5-9/h9-10,14H,1-8H2,(H,13,16)(H,17,18)/t10-/m1/s1. The summed E-state index contributed by atoms with van der Waals surface area (Å²) in [6.07, 6.45) is 2.73. The van der Waals surface area contributed by atoms with Crippen LogP contribution >= 0.6 is 0 Å². The Morgan fingerprint density at radius 1 is 1.24 bits per heavy atom. The van der Waals surface area contributed by atoms with Crippen LogP contribution in [0.2, 0.25) is 0 Å². The fourth-order valence-corrected chi connectivity index (χ4v) is 2.52. The second-order valence-electron chi connectivity index (χ2n) is 4.87. The van der Waals surface area contributed by atoms with Crippen molar-refractivity contribution < 1.29 is 32.9 Å². The maximum atomic E-state index is 11.6. The Morgan fingerprint density at radius 3 is 2.52 bits per heavy atom. The maximum absolute atomic E-state index is 11.6. The number of aliphatic hydroxyl groups excluding tert-OH is 1. The summed E-state index contributed by atoms with van der Waals surface area (Å²) in [5.74, 6) is -0.846. The second kappa shape index (κ2) is 9.69. The molecule has 1 rings (SSSR count). The van der Waals surface area contributed by atoms with Crippen LogP contribution in [0.25, 0.3) is 0 Å². The Morgan fingerprint density at radius 2 is 1.90 bits per heavy atom. The summed E-state index contributed by atoms with van der Waals surface area (Å²) in [5.41, 5.74) is 0. The van der Waals surface area contributed by atoms with E-state index in [1.165, 1.54) is 0 Å². The molecule has 1 amide bonds. The summed E-state index contributed by atoms with van der Waals surface area (Å²) in [4.78, 5) is 22.8. The van der Waals surface area contributed by atoms with E-state index in [2.05, 4.69) is 10.1 Å². The molecule has 0 saturated heterocycles. The molecule has 1 aliphatic rings. The molecule has 0 radical (unpaired) electrons. The molecule has 0 aromatic carbocycles. The molecule has 3 N–H and O–H groups in total. The molecule has 0 aliphatic heterocycles. The van der Waals surface area contributed by atoms with E-state index in [4.69, 9.17) is 9.29 Å². The van der Waals surface area contributed by atoms with Gasteiger partial charge in [0.05, 0.1) is 17.8 Å². The van der Waals surface area contributed by atoms with Crippen LogP contribution in [0.4, 0.5) is 4.79 Å². The van der Waals surface area contributed by atoms with E-state index in [1.807, 2.05) is 0 Å². The first-order chi connectivity index (χ1) is 9.99. The van der Waals surface area contributed by atoms with Crippen LogP contribution in [0.3, 0.4) is 0 Å². The average molecular weight is 323 g/mol. The van der Waals surface area contributed by atoms with E-state index in [0.29, 0.717) is 0 Å². The maximum Gasteiger partial charge on any atom is 0.410 e. The van der Waals surface area contributed by atoms with Crippen molar-refractivity contribution in [2.75, 3.05) is 19.1 Å². The Labute approximate surface area is 125 Å². The molecule has 8 nitrogen and oxygen atoms in total. The third kappa shape index (κ3) is 7.98. The lowest BCUT2D eigenvalue weighted by Crippen LogP contribution is -2.35. The van der Waals surface area contributed by atoms with Gasteiger partial charge in [0.2, 0.25) is 6.79 Å². The van der Waals surface area contributed by atoms with Crippen molar-refractivity contribution in [1.29, 1.82) is 0 Å². The molecule has 21 heavy (non-hydrogen) atoms. The quantitative estimate of drug-likeness (QED) is 0.351. The molecule has 122 valence electrons. The number of nitrogens with one attached hydrogen (secondary N) is 1. The molecule has 0 aromatic rings. The van der Waals surface area contributed by atoms with Gasteiger partial charge >= 0.3 is 12.1 Å². The highest BCUT2D eigenvalue weighted by molar-refractivity contribution is 7.79. The minimum Gasteiger partial charge on any atom is -0.428 e.